The molecule has 2 fully saturated rings. The van der Waals surface area contributed by atoms with E-state index in [1.165, 1.54) is 6.42 Å². The topological polar surface area (TPSA) is 71.3 Å². The predicted octanol–water partition coefficient (Wildman–Crippen LogP) is 2.27. The first-order valence-electron chi connectivity index (χ1n) is 9.63. The number of rotatable bonds is 2. The Kier molecular flexibility index (Phi) is 4.68. The third-order valence-electron chi connectivity index (χ3n) is 5.90. The quantitative estimate of drug-likeness (QED) is 0.816. The summed E-state index contributed by atoms with van der Waals surface area (Å²) in [6.07, 6.45) is 8.83. The highest BCUT2D eigenvalue weighted by atomic mass is 16.2. The van der Waals surface area contributed by atoms with E-state index in [4.69, 9.17) is 0 Å². The van der Waals surface area contributed by atoms with Crippen molar-refractivity contribution in [3.63, 3.8) is 0 Å². The van der Waals surface area contributed by atoms with Gasteiger partial charge in [-0.15, -0.1) is 5.10 Å². The molecule has 7 nitrogen and oxygen atoms in total. The van der Waals surface area contributed by atoms with Gasteiger partial charge < -0.3 is 9.80 Å². The Bertz CT molecular complexity index is 809. The van der Waals surface area contributed by atoms with E-state index in [-0.39, 0.29) is 17.4 Å². The normalized spacial score (nSPS) is 19.3. The van der Waals surface area contributed by atoms with Gasteiger partial charge in [-0.1, -0.05) is 24.5 Å². The lowest BCUT2D eigenvalue weighted by Gasteiger charge is -2.52. The number of piperazine rings is 1. The Morgan fingerprint density at radius 3 is 2.41 bits per heavy atom. The molecule has 7 heteroatoms. The molecule has 2 aliphatic rings. The highest BCUT2D eigenvalue weighted by Gasteiger charge is 2.44. The van der Waals surface area contributed by atoms with Gasteiger partial charge in [-0.25, -0.2) is 4.68 Å². The minimum atomic E-state index is -0.182. The third-order valence-corrected chi connectivity index (χ3v) is 5.90. The van der Waals surface area contributed by atoms with Crippen LogP contribution in [0.4, 0.5) is 0 Å². The van der Waals surface area contributed by atoms with Crippen LogP contribution >= 0.6 is 0 Å². The van der Waals surface area contributed by atoms with Gasteiger partial charge in [-0.05, 0) is 37.1 Å². The summed E-state index contributed by atoms with van der Waals surface area (Å²) >= 11 is 0. The van der Waals surface area contributed by atoms with E-state index in [0.717, 1.165) is 31.4 Å². The fourth-order valence-corrected chi connectivity index (χ4v) is 4.57. The van der Waals surface area contributed by atoms with Gasteiger partial charge in [0, 0.05) is 32.1 Å². The molecule has 1 aromatic carbocycles. The molecule has 142 valence electrons. The van der Waals surface area contributed by atoms with Gasteiger partial charge in [-0.2, -0.15) is 0 Å². The van der Waals surface area contributed by atoms with E-state index in [1.54, 1.807) is 24.0 Å². The first-order chi connectivity index (χ1) is 13.1. The van der Waals surface area contributed by atoms with Crippen molar-refractivity contribution in [1.29, 1.82) is 0 Å². The maximum atomic E-state index is 13.1. The Labute approximate surface area is 158 Å². The van der Waals surface area contributed by atoms with Crippen LogP contribution in [0.25, 0.3) is 5.69 Å². The third kappa shape index (κ3) is 3.34. The summed E-state index contributed by atoms with van der Waals surface area (Å²) in [5, 5.41) is 7.77. The van der Waals surface area contributed by atoms with E-state index in [1.807, 2.05) is 34.1 Å². The Morgan fingerprint density at radius 2 is 1.78 bits per heavy atom. The highest BCUT2D eigenvalue weighted by molar-refractivity contribution is 5.94. The van der Waals surface area contributed by atoms with Crippen molar-refractivity contribution in [2.45, 2.75) is 44.6 Å². The number of carbonyl (C=O) groups is 2. The molecule has 0 atom stereocenters. The second-order valence-electron chi connectivity index (χ2n) is 7.58. The van der Waals surface area contributed by atoms with Crippen LogP contribution < -0.4 is 0 Å². The Morgan fingerprint density at radius 1 is 1.04 bits per heavy atom. The van der Waals surface area contributed by atoms with Crippen LogP contribution in [0.3, 0.4) is 0 Å². The molecule has 4 rings (SSSR count). The van der Waals surface area contributed by atoms with E-state index in [2.05, 4.69) is 10.3 Å². The predicted molar refractivity (Wildman–Crippen MR) is 100 cm³/mol. The van der Waals surface area contributed by atoms with Crippen molar-refractivity contribution < 1.29 is 9.59 Å². The lowest BCUT2D eigenvalue weighted by atomic mass is 9.78. The number of benzene rings is 1. The average Bonchev–Trinajstić information content (AvgIpc) is 3.22. The molecule has 1 aromatic heterocycles. The first-order valence-corrected chi connectivity index (χ1v) is 9.63. The molecular formula is C20H25N5O2. The van der Waals surface area contributed by atoms with E-state index >= 15 is 0 Å². The van der Waals surface area contributed by atoms with Gasteiger partial charge in [0.2, 0.25) is 5.91 Å². The SMILES string of the molecule is CC(=O)N1CCN(C(=O)c2ccc(-n3ccnn3)cc2)CC12CCCCC2. The van der Waals surface area contributed by atoms with E-state index in [9.17, 15) is 9.59 Å². The number of aromatic nitrogens is 3. The number of carbonyl (C=O) groups excluding carboxylic acids is 2. The molecule has 0 radical (unpaired) electrons. The summed E-state index contributed by atoms with van der Waals surface area (Å²) in [5.41, 5.74) is 1.36. The largest absolute Gasteiger partial charge is 0.335 e. The van der Waals surface area contributed by atoms with Gasteiger partial charge in [0.05, 0.1) is 23.6 Å². The summed E-state index contributed by atoms with van der Waals surface area (Å²) in [5.74, 6) is 0.162. The molecule has 0 unspecified atom stereocenters. The summed E-state index contributed by atoms with van der Waals surface area (Å²) in [6.45, 7) is 3.50. The second-order valence-corrected chi connectivity index (χ2v) is 7.58. The number of amides is 2. The molecule has 0 N–H and O–H groups in total. The molecule has 2 heterocycles. The molecule has 1 aliphatic heterocycles. The van der Waals surface area contributed by atoms with Crippen LogP contribution in [0.1, 0.15) is 49.4 Å². The van der Waals surface area contributed by atoms with Crippen molar-refractivity contribution in [2.75, 3.05) is 19.6 Å². The minimum absolute atomic E-state index is 0.0355. The fraction of sp³-hybridized carbons (Fsp3) is 0.500. The monoisotopic (exact) mass is 367 g/mol. The van der Waals surface area contributed by atoms with Gasteiger partial charge in [-0.3, -0.25) is 9.59 Å². The highest BCUT2D eigenvalue weighted by Crippen LogP contribution is 2.37. The van der Waals surface area contributed by atoms with Crippen molar-refractivity contribution in [3.8, 4) is 5.69 Å². The maximum absolute atomic E-state index is 13.1. The average molecular weight is 367 g/mol. The molecule has 1 saturated heterocycles. The molecule has 27 heavy (non-hydrogen) atoms. The standard InChI is InChI=1S/C20H25N5O2/c1-16(26)24-14-13-23(15-20(24)9-3-2-4-10-20)19(27)17-5-7-18(8-6-17)25-12-11-21-22-25/h5-8,11-12H,2-4,9-10,13-15H2,1H3. The molecule has 2 aromatic rings. The smallest absolute Gasteiger partial charge is 0.253 e. The minimum Gasteiger partial charge on any atom is -0.335 e. The van der Waals surface area contributed by atoms with Crippen molar-refractivity contribution in [1.82, 2.24) is 24.8 Å². The lowest BCUT2D eigenvalue weighted by molar-refractivity contribution is -0.141. The maximum Gasteiger partial charge on any atom is 0.253 e. The first kappa shape index (κ1) is 17.7. The second kappa shape index (κ2) is 7.13. The lowest BCUT2D eigenvalue weighted by Crippen LogP contribution is -2.65. The van der Waals surface area contributed by atoms with E-state index in [0.29, 0.717) is 25.2 Å². The molecule has 2 amide bonds. The molecule has 1 aliphatic carbocycles. The van der Waals surface area contributed by atoms with Gasteiger partial charge >= 0.3 is 0 Å². The van der Waals surface area contributed by atoms with Crippen LogP contribution in [-0.2, 0) is 4.79 Å². The van der Waals surface area contributed by atoms with E-state index < -0.39 is 0 Å². The zero-order chi connectivity index (χ0) is 18.9. The summed E-state index contributed by atoms with van der Waals surface area (Å²) in [4.78, 5) is 29.2. The van der Waals surface area contributed by atoms with Crippen molar-refractivity contribution >= 4 is 11.8 Å². The summed E-state index contributed by atoms with van der Waals surface area (Å²) < 4.78 is 1.66. The van der Waals surface area contributed by atoms with Gasteiger partial charge in [0.1, 0.15) is 0 Å². The van der Waals surface area contributed by atoms with Crippen LogP contribution in [0, 0.1) is 0 Å². The zero-order valence-corrected chi connectivity index (χ0v) is 15.7. The number of nitrogens with zero attached hydrogens (tertiary/aromatic N) is 5. The van der Waals surface area contributed by atoms with Crippen LogP contribution in [0.2, 0.25) is 0 Å². The zero-order valence-electron chi connectivity index (χ0n) is 15.7. The Hall–Kier alpha value is -2.70. The number of hydrogen-bond acceptors (Lipinski definition) is 4. The Balaban J connectivity index is 1.53. The van der Waals surface area contributed by atoms with Crippen molar-refractivity contribution in [3.05, 3.63) is 42.2 Å². The fourth-order valence-electron chi connectivity index (χ4n) is 4.57. The molecule has 1 saturated carbocycles. The van der Waals surface area contributed by atoms with Crippen LogP contribution in [0.5, 0.6) is 0 Å². The molecule has 1 spiro atoms. The van der Waals surface area contributed by atoms with Crippen molar-refractivity contribution in [2.24, 2.45) is 0 Å². The summed E-state index contributed by atoms with van der Waals surface area (Å²) in [6, 6.07) is 7.43. The summed E-state index contributed by atoms with van der Waals surface area (Å²) in [7, 11) is 0. The van der Waals surface area contributed by atoms with Gasteiger partial charge in [0.25, 0.3) is 5.91 Å². The van der Waals surface area contributed by atoms with Crippen LogP contribution in [-0.4, -0.2) is 61.8 Å². The molecule has 0 bridgehead atoms. The van der Waals surface area contributed by atoms with Crippen LogP contribution in [0.15, 0.2) is 36.7 Å². The molecular weight excluding hydrogens is 342 g/mol. The number of hydrogen-bond donors (Lipinski definition) is 0. The van der Waals surface area contributed by atoms with Gasteiger partial charge in [0.15, 0.2) is 0 Å².